The van der Waals surface area contributed by atoms with Gasteiger partial charge >= 0.3 is 12.0 Å². The average molecular weight is 413 g/mol. The normalized spacial score (nSPS) is 22.6. The third-order valence-corrected chi connectivity index (χ3v) is 5.48. The minimum atomic E-state index is -0.548. The van der Waals surface area contributed by atoms with Crippen LogP contribution in [0.5, 0.6) is 0 Å². The number of amides is 2. The van der Waals surface area contributed by atoms with Gasteiger partial charge in [-0.2, -0.15) is 0 Å². The van der Waals surface area contributed by atoms with Crippen molar-refractivity contribution in [2.75, 3.05) is 39.3 Å². The van der Waals surface area contributed by atoms with Crippen molar-refractivity contribution in [1.29, 1.82) is 0 Å². The van der Waals surface area contributed by atoms with E-state index in [-0.39, 0.29) is 12.6 Å². The molecule has 162 valence electrons. The van der Waals surface area contributed by atoms with Crippen molar-refractivity contribution in [1.82, 2.24) is 20.4 Å². The first-order valence-corrected chi connectivity index (χ1v) is 10.6. The average Bonchev–Trinajstić information content (AvgIpc) is 2.71. The molecule has 2 aliphatic heterocycles. The number of nitrogens with zero attached hydrogens (tertiary/aromatic N) is 2. The molecular weight excluding hydrogens is 380 g/mol. The number of aryl methyl sites for hydroxylation is 1. The van der Waals surface area contributed by atoms with Crippen molar-refractivity contribution in [3.63, 3.8) is 0 Å². The van der Waals surface area contributed by atoms with Crippen LogP contribution in [0.4, 0.5) is 4.79 Å². The van der Waals surface area contributed by atoms with Gasteiger partial charge in [-0.25, -0.2) is 9.59 Å². The fourth-order valence-electron chi connectivity index (χ4n) is 4.02. The fourth-order valence-corrected chi connectivity index (χ4v) is 4.02. The molecule has 0 bridgehead atoms. The van der Waals surface area contributed by atoms with E-state index >= 15 is 0 Å². The van der Waals surface area contributed by atoms with E-state index in [1.165, 1.54) is 0 Å². The van der Waals surface area contributed by atoms with Crippen LogP contribution >= 0.6 is 0 Å². The Kier molecular flexibility index (Phi) is 7.29. The van der Waals surface area contributed by atoms with Gasteiger partial charge in [-0.1, -0.05) is 35.9 Å². The molecule has 7 nitrogen and oxygen atoms in total. The number of carbonyl (C=O) groups excluding carboxylic acids is 2. The zero-order valence-electron chi connectivity index (χ0n) is 18.1. The van der Waals surface area contributed by atoms with Gasteiger partial charge in [-0.05, 0) is 26.3 Å². The number of rotatable bonds is 7. The standard InChI is InChI=1S/C23H32N4O3/c1-5-12-27-19(15-26-13-11-24-17(4)14-26)20(22(28)30-6-2)21(25-23(27)29)18-9-7-16(3)8-10-18/h5,7-10,17,21,24H,1,6,11-15H2,2-4H3,(H,25,29). The second-order valence-corrected chi connectivity index (χ2v) is 7.86. The van der Waals surface area contributed by atoms with Crippen LogP contribution in [0.25, 0.3) is 0 Å². The largest absolute Gasteiger partial charge is 0.463 e. The second-order valence-electron chi connectivity index (χ2n) is 7.86. The van der Waals surface area contributed by atoms with E-state index < -0.39 is 12.0 Å². The van der Waals surface area contributed by atoms with Crippen LogP contribution in [0.15, 0.2) is 48.2 Å². The Morgan fingerprint density at radius 3 is 2.70 bits per heavy atom. The molecule has 30 heavy (non-hydrogen) atoms. The van der Waals surface area contributed by atoms with Crippen LogP contribution in [0, 0.1) is 6.92 Å². The second kappa shape index (κ2) is 9.91. The summed E-state index contributed by atoms with van der Waals surface area (Å²) >= 11 is 0. The number of hydrogen-bond acceptors (Lipinski definition) is 5. The van der Waals surface area contributed by atoms with Crippen molar-refractivity contribution in [2.24, 2.45) is 0 Å². The molecule has 7 heteroatoms. The quantitative estimate of drug-likeness (QED) is 0.531. The zero-order valence-corrected chi connectivity index (χ0v) is 18.1. The fraction of sp³-hybridized carbons (Fsp3) is 0.478. The Bertz CT molecular complexity index is 818. The van der Waals surface area contributed by atoms with Crippen molar-refractivity contribution >= 4 is 12.0 Å². The molecule has 0 radical (unpaired) electrons. The summed E-state index contributed by atoms with van der Waals surface area (Å²) in [6.45, 7) is 13.4. The molecule has 1 aromatic rings. The number of urea groups is 1. The smallest absolute Gasteiger partial charge is 0.338 e. The SMILES string of the molecule is C=CCN1C(=O)NC(c2ccc(C)cc2)C(C(=O)OCC)=C1CN1CCNC(C)C1. The molecular formula is C23H32N4O3. The molecule has 1 aromatic carbocycles. The van der Waals surface area contributed by atoms with Gasteiger partial charge in [0.05, 0.1) is 18.2 Å². The van der Waals surface area contributed by atoms with Crippen LogP contribution in [0.3, 0.4) is 0 Å². The van der Waals surface area contributed by atoms with Crippen LogP contribution in [-0.4, -0.2) is 67.2 Å². The maximum absolute atomic E-state index is 13.1. The van der Waals surface area contributed by atoms with E-state index in [1.807, 2.05) is 31.2 Å². The molecule has 2 aliphatic rings. The number of benzene rings is 1. The number of ether oxygens (including phenoxy) is 1. The van der Waals surface area contributed by atoms with Crippen LogP contribution < -0.4 is 10.6 Å². The minimum absolute atomic E-state index is 0.230. The molecule has 2 heterocycles. The Hall–Kier alpha value is -2.64. The van der Waals surface area contributed by atoms with E-state index in [0.717, 1.165) is 30.8 Å². The molecule has 1 saturated heterocycles. The summed E-state index contributed by atoms with van der Waals surface area (Å²) < 4.78 is 5.43. The van der Waals surface area contributed by atoms with Crippen LogP contribution in [-0.2, 0) is 9.53 Å². The summed E-state index contributed by atoms with van der Waals surface area (Å²) in [7, 11) is 0. The molecule has 1 fully saturated rings. The van der Waals surface area contributed by atoms with Gasteiger partial charge in [0.2, 0.25) is 0 Å². The van der Waals surface area contributed by atoms with Gasteiger partial charge in [0.15, 0.2) is 0 Å². The number of piperazine rings is 1. The molecule has 2 amide bonds. The lowest BCUT2D eigenvalue weighted by Gasteiger charge is -2.40. The third-order valence-electron chi connectivity index (χ3n) is 5.48. The molecule has 2 atom stereocenters. The topological polar surface area (TPSA) is 73.9 Å². The van der Waals surface area contributed by atoms with Gasteiger partial charge in [0.1, 0.15) is 0 Å². The predicted octanol–water partition coefficient (Wildman–Crippen LogP) is 2.36. The van der Waals surface area contributed by atoms with Crippen LogP contribution in [0.2, 0.25) is 0 Å². The van der Waals surface area contributed by atoms with E-state index in [4.69, 9.17) is 4.74 Å². The molecule has 2 N–H and O–H groups in total. The predicted molar refractivity (Wildman–Crippen MR) is 117 cm³/mol. The number of esters is 1. The molecule has 0 aliphatic carbocycles. The van der Waals surface area contributed by atoms with Crippen LogP contribution in [0.1, 0.15) is 31.0 Å². The Morgan fingerprint density at radius 1 is 1.33 bits per heavy atom. The maximum atomic E-state index is 13.1. The lowest BCUT2D eigenvalue weighted by Crippen LogP contribution is -2.54. The van der Waals surface area contributed by atoms with Gasteiger partial charge in [0.25, 0.3) is 0 Å². The highest BCUT2D eigenvalue weighted by molar-refractivity contribution is 5.95. The molecule has 0 saturated carbocycles. The van der Waals surface area contributed by atoms with Crippen molar-refractivity contribution in [2.45, 2.75) is 32.9 Å². The number of carbonyl (C=O) groups is 2. The lowest BCUT2D eigenvalue weighted by molar-refractivity contribution is -0.139. The first-order chi connectivity index (χ1) is 14.4. The molecule has 0 spiro atoms. The van der Waals surface area contributed by atoms with Gasteiger partial charge in [0, 0.05) is 44.5 Å². The summed E-state index contributed by atoms with van der Waals surface area (Å²) in [5.41, 5.74) is 3.16. The summed E-state index contributed by atoms with van der Waals surface area (Å²) in [4.78, 5) is 30.0. The summed E-state index contributed by atoms with van der Waals surface area (Å²) in [5, 5.41) is 6.43. The molecule has 2 unspecified atom stereocenters. The number of nitrogens with one attached hydrogen (secondary N) is 2. The Morgan fingerprint density at radius 2 is 2.07 bits per heavy atom. The van der Waals surface area contributed by atoms with E-state index in [1.54, 1.807) is 17.9 Å². The highest BCUT2D eigenvalue weighted by atomic mass is 16.5. The highest BCUT2D eigenvalue weighted by Gasteiger charge is 2.38. The van der Waals surface area contributed by atoms with Gasteiger partial charge in [-0.15, -0.1) is 6.58 Å². The van der Waals surface area contributed by atoms with Gasteiger partial charge < -0.3 is 15.4 Å². The maximum Gasteiger partial charge on any atom is 0.338 e. The van der Waals surface area contributed by atoms with Crippen molar-refractivity contribution in [3.8, 4) is 0 Å². The third kappa shape index (κ3) is 4.91. The zero-order chi connectivity index (χ0) is 21.7. The highest BCUT2D eigenvalue weighted by Crippen LogP contribution is 2.32. The number of hydrogen-bond donors (Lipinski definition) is 2. The Balaban J connectivity index is 2.08. The minimum Gasteiger partial charge on any atom is -0.463 e. The first-order valence-electron chi connectivity index (χ1n) is 10.6. The molecule has 0 aromatic heterocycles. The van der Waals surface area contributed by atoms with E-state index in [9.17, 15) is 9.59 Å². The van der Waals surface area contributed by atoms with E-state index in [2.05, 4.69) is 29.0 Å². The molecule has 3 rings (SSSR count). The van der Waals surface area contributed by atoms with Gasteiger partial charge in [-0.3, -0.25) is 9.80 Å². The summed E-state index contributed by atoms with van der Waals surface area (Å²) in [6, 6.07) is 7.44. The summed E-state index contributed by atoms with van der Waals surface area (Å²) in [6.07, 6.45) is 1.68. The van der Waals surface area contributed by atoms with Crippen molar-refractivity contribution in [3.05, 3.63) is 59.3 Å². The van der Waals surface area contributed by atoms with E-state index in [0.29, 0.717) is 30.4 Å². The first kappa shape index (κ1) is 22.1. The lowest BCUT2D eigenvalue weighted by atomic mass is 9.93. The van der Waals surface area contributed by atoms with Crippen molar-refractivity contribution < 1.29 is 14.3 Å². The Labute approximate surface area is 178 Å². The monoisotopic (exact) mass is 412 g/mol. The summed E-state index contributed by atoms with van der Waals surface area (Å²) in [5.74, 6) is -0.393.